The third kappa shape index (κ3) is 2.43. The lowest BCUT2D eigenvalue weighted by Gasteiger charge is -2.33. The molecule has 1 fully saturated rings. The van der Waals surface area contributed by atoms with Gasteiger partial charge in [-0.1, -0.05) is 31.5 Å². The second-order valence-corrected chi connectivity index (χ2v) is 7.07. The summed E-state index contributed by atoms with van der Waals surface area (Å²) < 4.78 is 6.56. The van der Waals surface area contributed by atoms with Gasteiger partial charge in [-0.25, -0.2) is 4.68 Å². The zero-order chi connectivity index (χ0) is 19.2. The standard InChI is InChI=1S/C19H23N5O3/c1-4-7-14-19(12-8-5-6-9-13(12)20-17(19)26)10-11-24(14)16(25)15-21-18(27-3)23(2)22-15/h5-6,8-9,14H,4,7,10-11H2,1-3H3,(H,20,26)/t14-,19+/m0/s1. The Balaban J connectivity index is 1.74. The van der Waals surface area contributed by atoms with Gasteiger partial charge in [0.15, 0.2) is 0 Å². The van der Waals surface area contributed by atoms with Crippen LogP contribution in [0, 0.1) is 0 Å². The molecule has 1 N–H and O–H groups in total. The van der Waals surface area contributed by atoms with Gasteiger partial charge in [-0.05, 0) is 24.5 Å². The van der Waals surface area contributed by atoms with Crippen LogP contribution in [0.2, 0.25) is 0 Å². The fraction of sp³-hybridized carbons (Fsp3) is 0.474. The number of nitrogens with one attached hydrogen (secondary N) is 1. The van der Waals surface area contributed by atoms with E-state index in [0.717, 1.165) is 24.1 Å². The largest absolute Gasteiger partial charge is 0.467 e. The SMILES string of the molecule is CCC[C@@H]1N(C(=O)c2nc(OC)n(C)n2)CC[C@]12C(=O)Nc1ccccc12. The molecule has 8 nitrogen and oxygen atoms in total. The van der Waals surface area contributed by atoms with Crippen molar-refractivity contribution >= 4 is 17.5 Å². The molecule has 2 amide bonds. The number of methoxy groups -OCH3 is 1. The molecular formula is C19H23N5O3. The van der Waals surface area contributed by atoms with Crippen molar-refractivity contribution in [3.63, 3.8) is 0 Å². The number of hydrogen-bond donors (Lipinski definition) is 1. The number of ether oxygens (including phenoxy) is 1. The van der Waals surface area contributed by atoms with E-state index in [1.807, 2.05) is 24.3 Å². The molecule has 1 aromatic heterocycles. The third-order valence-corrected chi connectivity index (χ3v) is 5.67. The minimum Gasteiger partial charge on any atom is -0.467 e. The van der Waals surface area contributed by atoms with Crippen molar-refractivity contribution in [2.75, 3.05) is 19.0 Å². The second kappa shape index (κ2) is 6.37. The predicted molar refractivity (Wildman–Crippen MR) is 98.7 cm³/mol. The number of hydrogen-bond acceptors (Lipinski definition) is 5. The van der Waals surface area contributed by atoms with Crippen LogP contribution in [0.4, 0.5) is 5.69 Å². The Morgan fingerprint density at radius 3 is 2.89 bits per heavy atom. The quantitative estimate of drug-likeness (QED) is 0.886. The number of carbonyl (C=O) groups excluding carboxylic acids is 2. The number of aromatic nitrogens is 3. The van der Waals surface area contributed by atoms with E-state index in [4.69, 9.17) is 4.74 Å². The van der Waals surface area contributed by atoms with Crippen LogP contribution in [0.15, 0.2) is 24.3 Å². The topological polar surface area (TPSA) is 89.4 Å². The summed E-state index contributed by atoms with van der Waals surface area (Å²) in [5, 5.41) is 7.20. The van der Waals surface area contributed by atoms with Crippen LogP contribution in [-0.4, -0.2) is 51.2 Å². The maximum absolute atomic E-state index is 13.2. The maximum Gasteiger partial charge on any atom is 0.314 e. The van der Waals surface area contributed by atoms with Gasteiger partial charge in [0.2, 0.25) is 11.7 Å². The van der Waals surface area contributed by atoms with E-state index in [0.29, 0.717) is 13.0 Å². The van der Waals surface area contributed by atoms with E-state index in [2.05, 4.69) is 22.3 Å². The van der Waals surface area contributed by atoms with Gasteiger partial charge in [-0.15, -0.1) is 5.10 Å². The highest BCUT2D eigenvalue weighted by Crippen LogP contribution is 2.49. The van der Waals surface area contributed by atoms with E-state index < -0.39 is 5.41 Å². The van der Waals surface area contributed by atoms with Crippen molar-refractivity contribution in [2.24, 2.45) is 7.05 Å². The Bertz CT molecular complexity index is 909. The van der Waals surface area contributed by atoms with E-state index in [-0.39, 0.29) is 29.7 Å². The molecule has 1 spiro atoms. The van der Waals surface area contributed by atoms with Crippen molar-refractivity contribution in [2.45, 2.75) is 37.6 Å². The van der Waals surface area contributed by atoms with Crippen molar-refractivity contribution in [3.8, 4) is 6.01 Å². The first-order valence-corrected chi connectivity index (χ1v) is 9.20. The number of benzene rings is 1. The normalized spacial score (nSPS) is 23.6. The van der Waals surface area contributed by atoms with Gasteiger partial charge >= 0.3 is 6.01 Å². The number of likely N-dealkylation sites (tertiary alicyclic amines) is 1. The van der Waals surface area contributed by atoms with Crippen molar-refractivity contribution in [1.82, 2.24) is 19.7 Å². The zero-order valence-corrected chi connectivity index (χ0v) is 15.7. The Kier molecular flexibility index (Phi) is 4.13. The number of fused-ring (bicyclic) bond motifs is 2. The smallest absolute Gasteiger partial charge is 0.314 e. The zero-order valence-electron chi connectivity index (χ0n) is 15.7. The number of para-hydroxylation sites is 1. The Hall–Kier alpha value is -2.90. The Labute approximate surface area is 157 Å². The molecule has 2 aliphatic rings. The lowest BCUT2D eigenvalue weighted by molar-refractivity contribution is -0.121. The van der Waals surface area contributed by atoms with E-state index in [1.165, 1.54) is 11.8 Å². The van der Waals surface area contributed by atoms with Crippen molar-refractivity contribution in [1.29, 1.82) is 0 Å². The first-order chi connectivity index (χ1) is 13.0. The second-order valence-electron chi connectivity index (χ2n) is 7.07. The molecule has 3 heterocycles. The summed E-state index contributed by atoms with van der Waals surface area (Å²) >= 11 is 0. The minimum atomic E-state index is -0.707. The number of nitrogens with zero attached hydrogens (tertiary/aromatic N) is 4. The molecule has 0 radical (unpaired) electrons. The van der Waals surface area contributed by atoms with Crippen LogP contribution in [0.25, 0.3) is 0 Å². The highest BCUT2D eigenvalue weighted by molar-refractivity contribution is 6.08. The Morgan fingerprint density at radius 1 is 1.41 bits per heavy atom. The van der Waals surface area contributed by atoms with E-state index >= 15 is 0 Å². The molecular weight excluding hydrogens is 346 g/mol. The van der Waals surface area contributed by atoms with Crippen LogP contribution < -0.4 is 10.1 Å². The van der Waals surface area contributed by atoms with Gasteiger partial charge in [0.25, 0.3) is 5.91 Å². The number of aryl methyl sites for hydroxylation is 1. The van der Waals surface area contributed by atoms with Crippen LogP contribution in [0.3, 0.4) is 0 Å². The third-order valence-electron chi connectivity index (χ3n) is 5.67. The summed E-state index contributed by atoms with van der Waals surface area (Å²) in [5.41, 5.74) is 1.12. The molecule has 1 aromatic carbocycles. The first kappa shape index (κ1) is 17.5. The predicted octanol–water partition coefficient (Wildman–Crippen LogP) is 1.73. The number of amides is 2. The van der Waals surface area contributed by atoms with Gasteiger partial charge in [0.1, 0.15) is 0 Å². The molecule has 2 aliphatic heterocycles. The summed E-state index contributed by atoms with van der Waals surface area (Å²) in [7, 11) is 3.17. The van der Waals surface area contributed by atoms with Crippen molar-refractivity contribution in [3.05, 3.63) is 35.7 Å². The van der Waals surface area contributed by atoms with Gasteiger partial charge in [0.05, 0.1) is 18.6 Å². The molecule has 4 rings (SSSR count). The van der Waals surface area contributed by atoms with Crippen LogP contribution in [0.5, 0.6) is 6.01 Å². The number of carbonyl (C=O) groups is 2. The average molecular weight is 369 g/mol. The van der Waals surface area contributed by atoms with Gasteiger partial charge in [0, 0.05) is 19.3 Å². The van der Waals surface area contributed by atoms with Crippen LogP contribution >= 0.6 is 0 Å². The fourth-order valence-corrected chi connectivity index (χ4v) is 4.49. The minimum absolute atomic E-state index is 0.0241. The van der Waals surface area contributed by atoms with E-state index in [9.17, 15) is 9.59 Å². The average Bonchev–Trinajstić information content (AvgIpc) is 3.31. The highest BCUT2D eigenvalue weighted by atomic mass is 16.5. The summed E-state index contributed by atoms with van der Waals surface area (Å²) in [6.07, 6.45) is 2.19. The highest BCUT2D eigenvalue weighted by Gasteiger charge is 2.58. The Morgan fingerprint density at radius 2 is 2.19 bits per heavy atom. The number of anilines is 1. The molecule has 0 saturated carbocycles. The molecule has 1 saturated heterocycles. The van der Waals surface area contributed by atoms with Crippen LogP contribution in [-0.2, 0) is 17.3 Å². The summed E-state index contributed by atoms with van der Waals surface area (Å²) in [4.78, 5) is 32.2. The van der Waals surface area contributed by atoms with Gasteiger partial charge in [-0.2, -0.15) is 4.98 Å². The molecule has 8 heteroatoms. The molecule has 142 valence electrons. The summed E-state index contributed by atoms with van der Waals surface area (Å²) in [5.74, 6) is -0.190. The summed E-state index contributed by atoms with van der Waals surface area (Å²) in [6, 6.07) is 7.82. The monoisotopic (exact) mass is 369 g/mol. The lowest BCUT2D eigenvalue weighted by atomic mass is 9.73. The molecule has 0 aliphatic carbocycles. The van der Waals surface area contributed by atoms with Gasteiger partial charge < -0.3 is 15.0 Å². The molecule has 2 atom stereocenters. The molecule has 0 bridgehead atoms. The van der Waals surface area contributed by atoms with Gasteiger partial charge in [-0.3, -0.25) is 9.59 Å². The fourth-order valence-electron chi connectivity index (χ4n) is 4.49. The van der Waals surface area contributed by atoms with Crippen molar-refractivity contribution < 1.29 is 14.3 Å². The molecule has 0 unspecified atom stereocenters. The first-order valence-electron chi connectivity index (χ1n) is 9.20. The number of rotatable bonds is 4. The summed E-state index contributed by atoms with van der Waals surface area (Å²) in [6.45, 7) is 2.56. The molecule has 2 aromatic rings. The lowest BCUT2D eigenvalue weighted by Crippen LogP contribution is -2.49. The maximum atomic E-state index is 13.2. The van der Waals surface area contributed by atoms with Crippen LogP contribution in [0.1, 0.15) is 42.4 Å². The van der Waals surface area contributed by atoms with E-state index in [1.54, 1.807) is 11.9 Å². The molecule has 27 heavy (non-hydrogen) atoms.